The molecule has 0 aliphatic carbocycles. The van der Waals surface area contributed by atoms with Gasteiger partial charge in [-0.15, -0.1) is 0 Å². The third kappa shape index (κ3) is 1.64. The Hall–Kier alpha value is -2.00. The van der Waals surface area contributed by atoms with Crippen molar-refractivity contribution >= 4 is 39.4 Å². The molecule has 90 valence electrons. The number of carboxylic acid groups (broad SMARTS) is 1. The maximum Gasteiger partial charge on any atom is 0.323 e. The monoisotopic (exact) mass is 259 g/mol. The lowest BCUT2D eigenvalue weighted by molar-refractivity contribution is -0.137. The van der Waals surface area contributed by atoms with E-state index in [1.165, 1.54) is 0 Å². The number of aliphatic carboxylic acids is 1. The molecule has 2 aromatic carbocycles. The minimum atomic E-state index is -0.854. The van der Waals surface area contributed by atoms with Crippen LogP contribution in [-0.2, 0) is 11.3 Å². The lowest BCUT2D eigenvalue weighted by atomic mass is 10.2. The summed E-state index contributed by atoms with van der Waals surface area (Å²) >= 11 is 6.01. The number of para-hydroxylation sites is 1. The van der Waals surface area contributed by atoms with Gasteiger partial charge in [0.2, 0.25) is 0 Å². The third-order valence-corrected chi connectivity index (χ3v) is 3.26. The van der Waals surface area contributed by atoms with Gasteiger partial charge in [-0.25, -0.2) is 0 Å². The summed E-state index contributed by atoms with van der Waals surface area (Å²) in [6.45, 7) is -0.0500. The number of carboxylic acids is 1. The molecule has 1 aromatic heterocycles. The van der Waals surface area contributed by atoms with Crippen molar-refractivity contribution in [2.24, 2.45) is 0 Å². The van der Waals surface area contributed by atoms with Crippen molar-refractivity contribution in [2.75, 3.05) is 0 Å². The fraction of sp³-hybridized carbons (Fsp3) is 0.0714. The van der Waals surface area contributed by atoms with E-state index in [1.54, 1.807) is 10.6 Å². The van der Waals surface area contributed by atoms with Crippen LogP contribution in [0.2, 0.25) is 5.02 Å². The first kappa shape index (κ1) is 11.1. The van der Waals surface area contributed by atoms with Gasteiger partial charge in [0.05, 0.1) is 0 Å². The molecule has 0 atom stereocenters. The molecule has 0 saturated heterocycles. The number of fused-ring (bicyclic) bond motifs is 3. The largest absolute Gasteiger partial charge is 0.480 e. The number of aromatic nitrogens is 1. The standard InChI is InChI=1S/C14H10ClNO2/c15-9-5-6-13-11(7-9)10-3-1-2-4-12(10)16(13)8-14(17)18/h1-7H,8H2,(H,17,18). The lowest BCUT2D eigenvalue weighted by Crippen LogP contribution is -2.08. The summed E-state index contributed by atoms with van der Waals surface area (Å²) in [6, 6.07) is 13.3. The molecule has 18 heavy (non-hydrogen) atoms. The van der Waals surface area contributed by atoms with Crippen molar-refractivity contribution in [3.05, 3.63) is 47.5 Å². The molecule has 3 rings (SSSR count). The van der Waals surface area contributed by atoms with Crippen molar-refractivity contribution in [1.82, 2.24) is 4.57 Å². The van der Waals surface area contributed by atoms with Gasteiger partial charge in [0.1, 0.15) is 6.54 Å². The number of hydrogen-bond donors (Lipinski definition) is 1. The van der Waals surface area contributed by atoms with Crippen molar-refractivity contribution < 1.29 is 9.90 Å². The minimum absolute atomic E-state index is 0.0500. The summed E-state index contributed by atoms with van der Waals surface area (Å²) in [5.74, 6) is -0.854. The smallest absolute Gasteiger partial charge is 0.323 e. The number of rotatable bonds is 2. The zero-order valence-corrected chi connectivity index (χ0v) is 10.2. The number of hydrogen-bond acceptors (Lipinski definition) is 1. The molecule has 0 fully saturated rings. The van der Waals surface area contributed by atoms with E-state index in [9.17, 15) is 4.79 Å². The van der Waals surface area contributed by atoms with Gasteiger partial charge in [-0.3, -0.25) is 4.79 Å². The molecule has 0 radical (unpaired) electrons. The van der Waals surface area contributed by atoms with Crippen LogP contribution >= 0.6 is 11.6 Å². The Morgan fingerprint density at radius 2 is 1.83 bits per heavy atom. The van der Waals surface area contributed by atoms with Crippen molar-refractivity contribution in [1.29, 1.82) is 0 Å². The second-order valence-corrected chi connectivity index (χ2v) is 4.59. The molecule has 3 nitrogen and oxygen atoms in total. The van der Waals surface area contributed by atoms with Gasteiger partial charge in [0.15, 0.2) is 0 Å². The first-order chi connectivity index (χ1) is 8.66. The fourth-order valence-electron chi connectivity index (χ4n) is 2.33. The van der Waals surface area contributed by atoms with Crippen LogP contribution in [0.4, 0.5) is 0 Å². The summed E-state index contributed by atoms with van der Waals surface area (Å²) < 4.78 is 1.79. The van der Waals surface area contributed by atoms with Gasteiger partial charge in [-0.05, 0) is 24.3 Å². The van der Waals surface area contributed by atoms with E-state index in [-0.39, 0.29) is 6.54 Å². The van der Waals surface area contributed by atoms with E-state index in [1.807, 2.05) is 36.4 Å². The molecule has 0 aliphatic rings. The molecule has 0 saturated carbocycles. The highest BCUT2D eigenvalue weighted by molar-refractivity contribution is 6.31. The van der Waals surface area contributed by atoms with Gasteiger partial charge in [-0.2, -0.15) is 0 Å². The van der Waals surface area contributed by atoms with Crippen LogP contribution in [0.25, 0.3) is 21.8 Å². The van der Waals surface area contributed by atoms with E-state index >= 15 is 0 Å². The van der Waals surface area contributed by atoms with Crippen LogP contribution in [0.5, 0.6) is 0 Å². The molecule has 0 aliphatic heterocycles. The summed E-state index contributed by atoms with van der Waals surface area (Å²) in [7, 11) is 0. The number of nitrogens with zero attached hydrogens (tertiary/aromatic N) is 1. The molecule has 4 heteroatoms. The van der Waals surface area contributed by atoms with E-state index in [0.717, 1.165) is 21.8 Å². The van der Waals surface area contributed by atoms with E-state index in [0.29, 0.717) is 5.02 Å². The molecule has 1 N–H and O–H groups in total. The highest BCUT2D eigenvalue weighted by atomic mass is 35.5. The van der Waals surface area contributed by atoms with Crippen LogP contribution in [0.1, 0.15) is 0 Å². The van der Waals surface area contributed by atoms with E-state index in [2.05, 4.69) is 0 Å². The Morgan fingerprint density at radius 1 is 1.11 bits per heavy atom. The van der Waals surface area contributed by atoms with Crippen molar-refractivity contribution in [3.8, 4) is 0 Å². The number of benzene rings is 2. The number of carbonyl (C=O) groups is 1. The van der Waals surface area contributed by atoms with Gasteiger partial charge < -0.3 is 9.67 Å². The van der Waals surface area contributed by atoms with Crippen molar-refractivity contribution in [2.45, 2.75) is 6.54 Å². The highest BCUT2D eigenvalue weighted by Crippen LogP contribution is 2.30. The Labute approximate surface area is 108 Å². The van der Waals surface area contributed by atoms with Gasteiger partial charge in [0.25, 0.3) is 0 Å². The molecule has 0 unspecified atom stereocenters. The van der Waals surface area contributed by atoms with Crippen molar-refractivity contribution in [3.63, 3.8) is 0 Å². The zero-order chi connectivity index (χ0) is 12.7. The highest BCUT2D eigenvalue weighted by Gasteiger charge is 2.12. The average molecular weight is 260 g/mol. The summed E-state index contributed by atoms with van der Waals surface area (Å²) in [4.78, 5) is 11.0. The minimum Gasteiger partial charge on any atom is -0.480 e. The SMILES string of the molecule is O=C(O)Cn1c2ccccc2c2cc(Cl)ccc21. The van der Waals surface area contributed by atoms with E-state index < -0.39 is 5.97 Å². The Kier molecular flexibility index (Phi) is 2.49. The second-order valence-electron chi connectivity index (χ2n) is 4.16. The maximum absolute atomic E-state index is 11.0. The Morgan fingerprint density at radius 3 is 2.61 bits per heavy atom. The Balaban J connectivity index is 2.45. The summed E-state index contributed by atoms with van der Waals surface area (Å²) in [6.07, 6.45) is 0. The first-order valence-corrected chi connectivity index (χ1v) is 5.93. The quantitative estimate of drug-likeness (QED) is 0.765. The summed E-state index contributed by atoms with van der Waals surface area (Å²) in [5, 5.41) is 11.7. The predicted molar refractivity (Wildman–Crippen MR) is 72.1 cm³/mol. The molecular weight excluding hydrogens is 250 g/mol. The zero-order valence-electron chi connectivity index (χ0n) is 9.43. The van der Waals surface area contributed by atoms with Crippen LogP contribution in [-0.4, -0.2) is 15.6 Å². The molecule has 0 spiro atoms. The van der Waals surface area contributed by atoms with E-state index in [4.69, 9.17) is 16.7 Å². The maximum atomic E-state index is 11.0. The second kappa shape index (κ2) is 4.03. The predicted octanol–water partition coefficient (Wildman–Crippen LogP) is 3.53. The fourth-order valence-corrected chi connectivity index (χ4v) is 2.50. The molecule has 0 amide bonds. The molecule has 1 heterocycles. The van der Waals surface area contributed by atoms with Crippen LogP contribution < -0.4 is 0 Å². The molecule has 0 bridgehead atoms. The van der Waals surface area contributed by atoms with Crippen LogP contribution in [0.3, 0.4) is 0 Å². The lowest BCUT2D eigenvalue weighted by Gasteiger charge is -2.03. The Bertz CT molecular complexity index is 761. The van der Waals surface area contributed by atoms with Gasteiger partial charge in [0, 0.05) is 26.8 Å². The van der Waals surface area contributed by atoms with Crippen LogP contribution in [0.15, 0.2) is 42.5 Å². The van der Waals surface area contributed by atoms with Crippen LogP contribution in [0, 0.1) is 0 Å². The normalized spacial score (nSPS) is 11.2. The summed E-state index contributed by atoms with van der Waals surface area (Å²) in [5.41, 5.74) is 1.81. The topological polar surface area (TPSA) is 42.2 Å². The third-order valence-electron chi connectivity index (χ3n) is 3.03. The van der Waals surface area contributed by atoms with Gasteiger partial charge in [-0.1, -0.05) is 29.8 Å². The number of halogens is 1. The molecular formula is C14H10ClNO2. The van der Waals surface area contributed by atoms with Gasteiger partial charge >= 0.3 is 5.97 Å². The average Bonchev–Trinajstić information content (AvgIpc) is 2.64. The molecule has 3 aromatic rings. The first-order valence-electron chi connectivity index (χ1n) is 5.55.